The number of nitrogens with zero attached hydrogens (tertiary/aromatic N) is 2. The van der Waals surface area contributed by atoms with E-state index in [-0.39, 0.29) is 5.91 Å². The first-order chi connectivity index (χ1) is 9.34. The van der Waals surface area contributed by atoms with Gasteiger partial charge in [-0.3, -0.25) is 4.79 Å². The Morgan fingerprint density at radius 3 is 2.79 bits per heavy atom. The Hall–Kier alpha value is -1.39. The minimum atomic E-state index is 0.267. The molecule has 2 aliphatic rings. The predicted molar refractivity (Wildman–Crippen MR) is 76.4 cm³/mol. The lowest BCUT2D eigenvalue weighted by Gasteiger charge is -2.27. The molecule has 102 valence electrons. The minimum absolute atomic E-state index is 0.267. The summed E-state index contributed by atoms with van der Waals surface area (Å²) in [6.07, 6.45) is 1.63. The van der Waals surface area contributed by atoms with Crippen molar-refractivity contribution in [3.05, 3.63) is 29.8 Å². The molecule has 1 aromatic carbocycles. The van der Waals surface area contributed by atoms with Crippen LogP contribution in [0.1, 0.15) is 12.0 Å². The number of anilines is 1. The number of carbonyl (C=O) groups is 1. The first-order valence-corrected chi connectivity index (χ1v) is 7.16. The van der Waals surface area contributed by atoms with E-state index >= 15 is 0 Å². The molecule has 1 fully saturated rings. The van der Waals surface area contributed by atoms with E-state index in [1.54, 1.807) is 0 Å². The SMILES string of the molecule is O=C(CCN1CCNCC1)N1CCc2ccccc21. The summed E-state index contributed by atoms with van der Waals surface area (Å²) in [7, 11) is 0. The van der Waals surface area contributed by atoms with Gasteiger partial charge in [0, 0.05) is 51.4 Å². The summed E-state index contributed by atoms with van der Waals surface area (Å²) in [5.41, 5.74) is 2.42. The van der Waals surface area contributed by atoms with E-state index in [9.17, 15) is 4.79 Å². The maximum absolute atomic E-state index is 12.3. The lowest BCUT2D eigenvalue weighted by atomic mass is 10.2. The lowest BCUT2D eigenvalue weighted by molar-refractivity contribution is -0.118. The summed E-state index contributed by atoms with van der Waals surface area (Å²) >= 11 is 0. The topological polar surface area (TPSA) is 35.6 Å². The molecule has 1 N–H and O–H groups in total. The van der Waals surface area contributed by atoms with Crippen molar-refractivity contribution in [2.75, 3.05) is 44.2 Å². The Morgan fingerprint density at radius 1 is 1.16 bits per heavy atom. The van der Waals surface area contributed by atoms with E-state index in [0.717, 1.165) is 51.4 Å². The molecular weight excluding hydrogens is 238 g/mol. The molecule has 0 aliphatic carbocycles. The number of nitrogens with one attached hydrogen (secondary N) is 1. The van der Waals surface area contributed by atoms with E-state index in [4.69, 9.17) is 0 Å². The van der Waals surface area contributed by atoms with Crippen LogP contribution in [0.3, 0.4) is 0 Å². The third-order valence-corrected chi connectivity index (χ3v) is 4.04. The number of carbonyl (C=O) groups excluding carboxylic acids is 1. The van der Waals surface area contributed by atoms with Gasteiger partial charge in [-0.15, -0.1) is 0 Å². The third kappa shape index (κ3) is 2.80. The summed E-state index contributed by atoms with van der Waals surface area (Å²) in [6, 6.07) is 8.25. The fourth-order valence-corrected chi connectivity index (χ4v) is 2.92. The summed E-state index contributed by atoms with van der Waals surface area (Å²) in [6.45, 7) is 5.94. The molecule has 4 heteroatoms. The summed E-state index contributed by atoms with van der Waals surface area (Å²) in [5.74, 6) is 0.267. The zero-order chi connectivity index (χ0) is 13.1. The second-order valence-corrected chi connectivity index (χ2v) is 5.27. The van der Waals surface area contributed by atoms with E-state index in [0.29, 0.717) is 6.42 Å². The van der Waals surface area contributed by atoms with Crippen molar-refractivity contribution >= 4 is 11.6 Å². The average molecular weight is 259 g/mol. The number of amides is 1. The largest absolute Gasteiger partial charge is 0.314 e. The second kappa shape index (κ2) is 5.72. The first kappa shape index (κ1) is 12.6. The van der Waals surface area contributed by atoms with Gasteiger partial charge in [0.05, 0.1) is 0 Å². The Bertz CT molecular complexity index is 454. The van der Waals surface area contributed by atoms with Gasteiger partial charge in [0.15, 0.2) is 0 Å². The van der Waals surface area contributed by atoms with Crippen LogP contribution >= 0.6 is 0 Å². The molecule has 0 radical (unpaired) electrons. The van der Waals surface area contributed by atoms with Gasteiger partial charge in [0.1, 0.15) is 0 Å². The first-order valence-electron chi connectivity index (χ1n) is 7.16. The molecule has 0 saturated carbocycles. The molecule has 3 rings (SSSR count). The van der Waals surface area contributed by atoms with Crippen LogP contribution in [-0.4, -0.2) is 50.1 Å². The molecule has 19 heavy (non-hydrogen) atoms. The van der Waals surface area contributed by atoms with Crippen LogP contribution in [0.4, 0.5) is 5.69 Å². The van der Waals surface area contributed by atoms with Crippen molar-refractivity contribution in [3.8, 4) is 0 Å². The van der Waals surface area contributed by atoms with E-state index in [1.807, 2.05) is 17.0 Å². The maximum atomic E-state index is 12.3. The molecule has 1 saturated heterocycles. The van der Waals surface area contributed by atoms with Gasteiger partial charge in [-0.2, -0.15) is 0 Å². The quantitative estimate of drug-likeness (QED) is 0.875. The van der Waals surface area contributed by atoms with Gasteiger partial charge in [-0.1, -0.05) is 18.2 Å². The molecular formula is C15H21N3O. The van der Waals surface area contributed by atoms with Crippen molar-refractivity contribution in [2.24, 2.45) is 0 Å². The van der Waals surface area contributed by atoms with Crippen molar-refractivity contribution in [3.63, 3.8) is 0 Å². The monoisotopic (exact) mass is 259 g/mol. The van der Waals surface area contributed by atoms with Gasteiger partial charge in [0.25, 0.3) is 0 Å². The van der Waals surface area contributed by atoms with Gasteiger partial charge >= 0.3 is 0 Å². The van der Waals surface area contributed by atoms with Gasteiger partial charge in [-0.05, 0) is 18.1 Å². The highest BCUT2D eigenvalue weighted by Crippen LogP contribution is 2.27. The fraction of sp³-hybridized carbons (Fsp3) is 0.533. The molecule has 2 heterocycles. The van der Waals surface area contributed by atoms with Gasteiger partial charge in [0.2, 0.25) is 5.91 Å². The molecule has 4 nitrogen and oxygen atoms in total. The van der Waals surface area contributed by atoms with E-state index in [1.165, 1.54) is 5.56 Å². The molecule has 0 aromatic heterocycles. The van der Waals surface area contributed by atoms with Crippen LogP contribution in [0.15, 0.2) is 24.3 Å². The average Bonchev–Trinajstić information content (AvgIpc) is 2.90. The standard InChI is InChI=1S/C15H21N3O/c19-15(6-9-17-11-7-16-8-12-17)18-10-5-13-3-1-2-4-14(13)18/h1-4,16H,5-12H2. The van der Waals surface area contributed by atoms with Crippen LogP contribution in [0.5, 0.6) is 0 Å². The van der Waals surface area contributed by atoms with Crippen LogP contribution in [0.2, 0.25) is 0 Å². The number of fused-ring (bicyclic) bond motifs is 1. The van der Waals surface area contributed by atoms with Crippen LogP contribution in [0.25, 0.3) is 0 Å². The number of hydrogen-bond acceptors (Lipinski definition) is 3. The molecule has 0 bridgehead atoms. The van der Waals surface area contributed by atoms with Crippen molar-refractivity contribution < 1.29 is 4.79 Å². The highest BCUT2D eigenvalue weighted by atomic mass is 16.2. The Balaban J connectivity index is 1.56. The number of para-hydroxylation sites is 1. The summed E-state index contributed by atoms with van der Waals surface area (Å²) in [5, 5.41) is 3.33. The molecule has 0 spiro atoms. The van der Waals surface area contributed by atoms with Crippen LogP contribution in [0, 0.1) is 0 Å². The van der Waals surface area contributed by atoms with Crippen LogP contribution in [-0.2, 0) is 11.2 Å². The van der Waals surface area contributed by atoms with Gasteiger partial charge in [-0.25, -0.2) is 0 Å². The highest BCUT2D eigenvalue weighted by molar-refractivity contribution is 5.95. The number of benzene rings is 1. The van der Waals surface area contributed by atoms with E-state index < -0.39 is 0 Å². The maximum Gasteiger partial charge on any atom is 0.228 e. The Morgan fingerprint density at radius 2 is 1.95 bits per heavy atom. The highest BCUT2D eigenvalue weighted by Gasteiger charge is 2.24. The normalized spacial score (nSPS) is 19.5. The molecule has 0 atom stereocenters. The number of piperazine rings is 1. The predicted octanol–water partition coefficient (Wildman–Crippen LogP) is 0.871. The van der Waals surface area contributed by atoms with Crippen molar-refractivity contribution in [2.45, 2.75) is 12.8 Å². The van der Waals surface area contributed by atoms with Crippen molar-refractivity contribution in [1.29, 1.82) is 0 Å². The third-order valence-electron chi connectivity index (χ3n) is 4.04. The summed E-state index contributed by atoms with van der Waals surface area (Å²) in [4.78, 5) is 16.7. The second-order valence-electron chi connectivity index (χ2n) is 5.27. The summed E-state index contributed by atoms with van der Waals surface area (Å²) < 4.78 is 0. The van der Waals surface area contributed by atoms with E-state index in [2.05, 4.69) is 22.3 Å². The smallest absolute Gasteiger partial charge is 0.228 e. The Labute approximate surface area is 114 Å². The zero-order valence-corrected chi connectivity index (χ0v) is 11.3. The zero-order valence-electron chi connectivity index (χ0n) is 11.3. The minimum Gasteiger partial charge on any atom is -0.314 e. The fourth-order valence-electron chi connectivity index (χ4n) is 2.92. The van der Waals surface area contributed by atoms with Crippen molar-refractivity contribution in [1.82, 2.24) is 10.2 Å². The molecule has 0 unspecified atom stereocenters. The van der Waals surface area contributed by atoms with Gasteiger partial charge < -0.3 is 15.1 Å². The Kier molecular flexibility index (Phi) is 3.80. The van der Waals surface area contributed by atoms with Crippen LogP contribution < -0.4 is 10.2 Å². The molecule has 2 aliphatic heterocycles. The number of rotatable bonds is 3. The molecule has 1 amide bonds. The molecule has 1 aromatic rings. The lowest BCUT2D eigenvalue weighted by Crippen LogP contribution is -2.44. The number of hydrogen-bond donors (Lipinski definition) is 1.